The lowest BCUT2D eigenvalue weighted by atomic mass is 10.2. The predicted octanol–water partition coefficient (Wildman–Crippen LogP) is -1.16. The molecule has 1 aliphatic heterocycles. The first-order chi connectivity index (χ1) is 9.01. The molecule has 0 radical (unpaired) electrons. The SMILES string of the molecule is NNC(=O)C1CCC(Cn2cc(Br)c(=O)[nH]c2=O)O1. The van der Waals surface area contributed by atoms with Crippen LogP contribution in [-0.2, 0) is 16.1 Å². The number of nitrogens with zero attached hydrogens (tertiary/aromatic N) is 1. The minimum absolute atomic E-state index is 0.265. The van der Waals surface area contributed by atoms with E-state index < -0.39 is 17.4 Å². The number of aromatic amines is 1. The summed E-state index contributed by atoms with van der Waals surface area (Å²) in [5.74, 6) is 4.65. The summed E-state index contributed by atoms with van der Waals surface area (Å²) < 4.78 is 7.08. The van der Waals surface area contributed by atoms with Crippen molar-refractivity contribution in [3.8, 4) is 0 Å². The van der Waals surface area contributed by atoms with E-state index in [0.29, 0.717) is 12.8 Å². The molecule has 104 valence electrons. The van der Waals surface area contributed by atoms with E-state index in [1.807, 2.05) is 5.43 Å². The highest BCUT2D eigenvalue weighted by molar-refractivity contribution is 9.10. The molecule has 1 saturated heterocycles. The summed E-state index contributed by atoms with van der Waals surface area (Å²) in [6.07, 6.45) is 1.74. The Morgan fingerprint density at radius 3 is 3.00 bits per heavy atom. The summed E-state index contributed by atoms with van der Waals surface area (Å²) in [4.78, 5) is 36.2. The van der Waals surface area contributed by atoms with E-state index in [-0.39, 0.29) is 23.0 Å². The first-order valence-electron chi connectivity index (χ1n) is 5.66. The molecule has 2 heterocycles. The number of nitrogens with two attached hydrogens (primary N) is 1. The Kier molecular flexibility index (Phi) is 4.17. The molecule has 9 heteroatoms. The molecule has 1 aromatic heterocycles. The van der Waals surface area contributed by atoms with Crippen molar-refractivity contribution in [2.24, 2.45) is 5.84 Å². The third-order valence-electron chi connectivity index (χ3n) is 2.91. The molecule has 4 N–H and O–H groups in total. The molecule has 0 bridgehead atoms. The number of aromatic nitrogens is 2. The molecule has 2 rings (SSSR count). The second kappa shape index (κ2) is 5.68. The molecule has 1 fully saturated rings. The van der Waals surface area contributed by atoms with Crippen molar-refractivity contribution in [2.45, 2.75) is 31.6 Å². The normalized spacial score (nSPS) is 22.4. The molecular weight excluding hydrogens is 320 g/mol. The van der Waals surface area contributed by atoms with Crippen molar-refractivity contribution < 1.29 is 9.53 Å². The lowest BCUT2D eigenvalue weighted by Crippen LogP contribution is -2.39. The van der Waals surface area contributed by atoms with Crippen LogP contribution in [0.2, 0.25) is 0 Å². The van der Waals surface area contributed by atoms with Gasteiger partial charge in [-0.25, -0.2) is 10.6 Å². The summed E-state index contributed by atoms with van der Waals surface area (Å²) in [5, 5.41) is 0. The van der Waals surface area contributed by atoms with Gasteiger partial charge in [0.15, 0.2) is 0 Å². The van der Waals surface area contributed by atoms with Crippen LogP contribution in [0.15, 0.2) is 20.3 Å². The van der Waals surface area contributed by atoms with E-state index in [0.717, 1.165) is 0 Å². The molecule has 0 aliphatic carbocycles. The number of rotatable bonds is 3. The third-order valence-corrected chi connectivity index (χ3v) is 3.47. The first-order valence-corrected chi connectivity index (χ1v) is 6.45. The molecule has 2 unspecified atom stereocenters. The molecule has 19 heavy (non-hydrogen) atoms. The summed E-state index contributed by atoms with van der Waals surface area (Å²) in [6, 6.07) is 0. The van der Waals surface area contributed by atoms with E-state index >= 15 is 0 Å². The van der Waals surface area contributed by atoms with Gasteiger partial charge in [-0.05, 0) is 28.8 Å². The number of ether oxygens (including phenoxy) is 1. The van der Waals surface area contributed by atoms with Gasteiger partial charge in [-0.15, -0.1) is 0 Å². The quantitative estimate of drug-likeness (QED) is 0.366. The lowest BCUT2D eigenvalue weighted by Gasteiger charge is -2.13. The van der Waals surface area contributed by atoms with Gasteiger partial charge < -0.3 is 4.74 Å². The fraction of sp³-hybridized carbons (Fsp3) is 0.500. The van der Waals surface area contributed by atoms with Gasteiger partial charge in [0.1, 0.15) is 6.10 Å². The smallest absolute Gasteiger partial charge is 0.328 e. The van der Waals surface area contributed by atoms with Gasteiger partial charge in [0, 0.05) is 6.20 Å². The summed E-state index contributed by atoms with van der Waals surface area (Å²) >= 11 is 3.05. The van der Waals surface area contributed by atoms with E-state index in [1.54, 1.807) is 0 Å². The molecular formula is C10H13BrN4O4. The average Bonchev–Trinajstić information content (AvgIpc) is 2.83. The number of nitrogens with one attached hydrogen (secondary N) is 2. The molecule has 1 aliphatic rings. The van der Waals surface area contributed by atoms with Crippen molar-refractivity contribution in [1.29, 1.82) is 0 Å². The topological polar surface area (TPSA) is 119 Å². The van der Waals surface area contributed by atoms with Crippen LogP contribution in [0.3, 0.4) is 0 Å². The maximum absolute atomic E-state index is 11.6. The van der Waals surface area contributed by atoms with E-state index in [4.69, 9.17) is 10.6 Å². The lowest BCUT2D eigenvalue weighted by molar-refractivity contribution is -0.132. The summed E-state index contributed by atoms with van der Waals surface area (Å²) in [7, 11) is 0. The van der Waals surface area contributed by atoms with Crippen LogP contribution in [0.5, 0.6) is 0 Å². The van der Waals surface area contributed by atoms with Gasteiger partial charge in [0.25, 0.3) is 11.5 Å². The summed E-state index contributed by atoms with van der Waals surface area (Å²) in [6.45, 7) is 0.266. The largest absolute Gasteiger partial charge is 0.363 e. The van der Waals surface area contributed by atoms with Gasteiger partial charge in [0.05, 0.1) is 17.1 Å². The molecule has 0 spiro atoms. The van der Waals surface area contributed by atoms with Crippen LogP contribution in [0.4, 0.5) is 0 Å². The van der Waals surface area contributed by atoms with Gasteiger partial charge in [-0.2, -0.15) is 0 Å². The number of carbonyl (C=O) groups is 1. The maximum atomic E-state index is 11.6. The monoisotopic (exact) mass is 332 g/mol. The number of amides is 1. The van der Waals surface area contributed by atoms with Crippen molar-refractivity contribution in [2.75, 3.05) is 0 Å². The fourth-order valence-corrected chi connectivity index (χ4v) is 2.31. The summed E-state index contributed by atoms with van der Waals surface area (Å²) in [5.41, 5.74) is 1.04. The van der Waals surface area contributed by atoms with Crippen LogP contribution in [0.1, 0.15) is 12.8 Å². The van der Waals surface area contributed by atoms with Crippen molar-refractivity contribution in [1.82, 2.24) is 15.0 Å². The highest BCUT2D eigenvalue weighted by Crippen LogP contribution is 2.20. The van der Waals surface area contributed by atoms with E-state index in [1.165, 1.54) is 10.8 Å². The number of hydrazine groups is 1. The van der Waals surface area contributed by atoms with Crippen LogP contribution in [0.25, 0.3) is 0 Å². The number of hydrogen-bond donors (Lipinski definition) is 3. The Balaban J connectivity index is 2.07. The van der Waals surface area contributed by atoms with Crippen LogP contribution >= 0.6 is 15.9 Å². The molecule has 0 saturated carbocycles. The second-order valence-electron chi connectivity index (χ2n) is 4.22. The van der Waals surface area contributed by atoms with E-state index in [2.05, 4.69) is 20.9 Å². The minimum Gasteiger partial charge on any atom is -0.363 e. The van der Waals surface area contributed by atoms with Crippen LogP contribution in [0, 0.1) is 0 Å². The molecule has 2 atom stereocenters. The molecule has 1 amide bonds. The Labute approximate surface area is 116 Å². The maximum Gasteiger partial charge on any atom is 0.328 e. The highest BCUT2D eigenvalue weighted by Gasteiger charge is 2.30. The van der Waals surface area contributed by atoms with Gasteiger partial charge in [-0.1, -0.05) is 0 Å². The molecule has 1 aromatic rings. The number of hydrogen-bond acceptors (Lipinski definition) is 5. The van der Waals surface area contributed by atoms with Gasteiger partial charge in [0.2, 0.25) is 0 Å². The zero-order valence-electron chi connectivity index (χ0n) is 9.89. The molecule has 0 aromatic carbocycles. The van der Waals surface area contributed by atoms with Gasteiger partial charge in [-0.3, -0.25) is 24.6 Å². The highest BCUT2D eigenvalue weighted by atomic mass is 79.9. The Morgan fingerprint density at radius 1 is 1.58 bits per heavy atom. The third kappa shape index (κ3) is 3.11. The standard InChI is InChI=1S/C10H13BrN4O4/c11-6-4-15(10(18)13-8(6)16)3-5-1-2-7(19-5)9(17)14-12/h4-5,7H,1-3,12H2,(H,14,17)(H,13,16,18). The minimum atomic E-state index is -0.586. The van der Waals surface area contributed by atoms with Crippen molar-refractivity contribution >= 4 is 21.8 Å². The zero-order valence-corrected chi connectivity index (χ0v) is 11.5. The van der Waals surface area contributed by atoms with Crippen LogP contribution < -0.4 is 22.5 Å². The van der Waals surface area contributed by atoms with Gasteiger partial charge >= 0.3 is 5.69 Å². The number of carbonyl (C=O) groups excluding carboxylic acids is 1. The fourth-order valence-electron chi connectivity index (χ4n) is 1.96. The number of H-pyrrole nitrogens is 1. The van der Waals surface area contributed by atoms with Crippen LogP contribution in [-0.4, -0.2) is 27.7 Å². The number of halogens is 1. The Morgan fingerprint density at radius 2 is 2.32 bits per heavy atom. The second-order valence-corrected chi connectivity index (χ2v) is 5.08. The predicted molar refractivity (Wildman–Crippen MR) is 69.2 cm³/mol. The van der Waals surface area contributed by atoms with Crippen molar-refractivity contribution in [3.63, 3.8) is 0 Å². The zero-order chi connectivity index (χ0) is 14.0. The van der Waals surface area contributed by atoms with E-state index in [9.17, 15) is 14.4 Å². The average molecular weight is 333 g/mol. The van der Waals surface area contributed by atoms with Crippen molar-refractivity contribution in [3.05, 3.63) is 31.5 Å². The first kappa shape index (κ1) is 14.0. The Bertz CT molecular complexity index is 596. The Hall–Kier alpha value is -1.45. The molecule has 8 nitrogen and oxygen atoms in total.